The fourth-order valence-corrected chi connectivity index (χ4v) is 2.68. The second kappa shape index (κ2) is 3.96. The van der Waals surface area contributed by atoms with Crippen molar-refractivity contribution in [2.75, 3.05) is 0 Å². The zero-order valence-corrected chi connectivity index (χ0v) is 8.87. The van der Waals surface area contributed by atoms with Gasteiger partial charge in [-0.3, -0.25) is 11.3 Å². The van der Waals surface area contributed by atoms with Crippen LogP contribution in [0, 0.1) is 5.92 Å². The molecule has 1 fully saturated rings. The number of thiophene rings is 1. The van der Waals surface area contributed by atoms with Crippen LogP contribution in [0.1, 0.15) is 17.7 Å². The van der Waals surface area contributed by atoms with Crippen molar-refractivity contribution in [3.63, 3.8) is 0 Å². The van der Waals surface area contributed by atoms with Crippen LogP contribution in [0.2, 0.25) is 4.34 Å². The Kier molecular flexibility index (Phi) is 2.89. The van der Waals surface area contributed by atoms with Crippen molar-refractivity contribution in [2.45, 2.75) is 25.3 Å². The topological polar surface area (TPSA) is 38.0 Å². The van der Waals surface area contributed by atoms with E-state index in [4.69, 9.17) is 17.4 Å². The molecule has 1 atom stereocenters. The molecule has 0 amide bonds. The predicted molar refractivity (Wildman–Crippen MR) is 56.9 cm³/mol. The first-order chi connectivity index (χ1) is 6.29. The first-order valence-corrected chi connectivity index (χ1v) is 5.69. The highest BCUT2D eigenvalue weighted by molar-refractivity contribution is 7.16. The first-order valence-electron chi connectivity index (χ1n) is 4.50. The fourth-order valence-electron chi connectivity index (χ4n) is 1.54. The van der Waals surface area contributed by atoms with Crippen LogP contribution in [0.4, 0.5) is 0 Å². The molecule has 0 saturated heterocycles. The molecule has 1 aliphatic rings. The number of hydrogen-bond donors (Lipinski definition) is 2. The molecule has 0 radical (unpaired) electrons. The molecule has 13 heavy (non-hydrogen) atoms. The van der Waals surface area contributed by atoms with E-state index >= 15 is 0 Å². The zero-order chi connectivity index (χ0) is 9.26. The first kappa shape index (κ1) is 9.46. The van der Waals surface area contributed by atoms with Gasteiger partial charge in [-0.2, -0.15) is 0 Å². The summed E-state index contributed by atoms with van der Waals surface area (Å²) in [6, 6.07) is 4.47. The minimum Gasteiger partial charge on any atom is -0.271 e. The second-order valence-corrected chi connectivity index (χ2v) is 5.32. The maximum absolute atomic E-state index is 5.85. The quantitative estimate of drug-likeness (QED) is 0.598. The molecule has 1 saturated carbocycles. The van der Waals surface area contributed by atoms with Gasteiger partial charge in [0.2, 0.25) is 0 Å². The normalized spacial score (nSPS) is 18.9. The van der Waals surface area contributed by atoms with E-state index in [0.29, 0.717) is 6.04 Å². The van der Waals surface area contributed by atoms with Crippen molar-refractivity contribution < 1.29 is 0 Å². The molecule has 2 nitrogen and oxygen atoms in total. The van der Waals surface area contributed by atoms with E-state index in [9.17, 15) is 0 Å². The fraction of sp³-hybridized carbons (Fsp3) is 0.556. The molecular formula is C9H13ClN2S. The van der Waals surface area contributed by atoms with Crippen LogP contribution in [-0.4, -0.2) is 6.04 Å². The summed E-state index contributed by atoms with van der Waals surface area (Å²) in [7, 11) is 0. The lowest BCUT2D eigenvalue weighted by molar-refractivity contribution is 0.475. The van der Waals surface area contributed by atoms with Gasteiger partial charge >= 0.3 is 0 Å². The molecule has 0 spiro atoms. The summed E-state index contributed by atoms with van der Waals surface area (Å²) in [6.45, 7) is 0. The lowest BCUT2D eigenvalue weighted by atomic mass is 10.1. The molecule has 0 bridgehead atoms. The monoisotopic (exact) mass is 216 g/mol. The summed E-state index contributed by atoms with van der Waals surface area (Å²) in [5.74, 6) is 6.27. The van der Waals surface area contributed by atoms with E-state index in [1.807, 2.05) is 6.07 Å². The SMILES string of the molecule is NNC(Cc1ccc(Cl)s1)C1CC1. The third-order valence-electron chi connectivity index (χ3n) is 2.46. The maximum atomic E-state index is 5.85. The third-order valence-corrected chi connectivity index (χ3v) is 3.71. The van der Waals surface area contributed by atoms with Crippen LogP contribution in [0.5, 0.6) is 0 Å². The van der Waals surface area contributed by atoms with E-state index < -0.39 is 0 Å². The summed E-state index contributed by atoms with van der Waals surface area (Å²) in [6.07, 6.45) is 3.64. The number of rotatable bonds is 4. The molecule has 4 heteroatoms. The van der Waals surface area contributed by atoms with Crippen LogP contribution in [0.3, 0.4) is 0 Å². The number of hydrogen-bond acceptors (Lipinski definition) is 3. The molecule has 0 aromatic carbocycles. The van der Waals surface area contributed by atoms with Gasteiger partial charge in [0.15, 0.2) is 0 Å². The molecular weight excluding hydrogens is 204 g/mol. The van der Waals surface area contributed by atoms with E-state index in [2.05, 4.69) is 11.5 Å². The Morgan fingerprint density at radius 2 is 2.38 bits per heavy atom. The molecule has 3 N–H and O–H groups in total. The van der Waals surface area contributed by atoms with Gasteiger partial charge in [0.1, 0.15) is 0 Å². The van der Waals surface area contributed by atoms with Crippen molar-refractivity contribution in [3.05, 3.63) is 21.3 Å². The van der Waals surface area contributed by atoms with E-state index in [-0.39, 0.29) is 0 Å². The Morgan fingerprint density at radius 3 is 2.85 bits per heavy atom. The van der Waals surface area contributed by atoms with Crippen molar-refractivity contribution in [1.29, 1.82) is 0 Å². The van der Waals surface area contributed by atoms with Crippen molar-refractivity contribution in [3.8, 4) is 0 Å². The average molecular weight is 217 g/mol. The highest BCUT2D eigenvalue weighted by Crippen LogP contribution is 2.35. The molecule has 72 valence electrons. The average Bonchev–Trinajstić information content (AvgIpc) is 2.87. The maximum Gasteiger partial charge on any atom is 0.0931 e. The van der Waals surface area contributed by atoms with Gasteiger partial charge < -0.3 is 0 Å². The van der Waals surface area contributed by atoms with Crippen molar-refractivity contribution >= 4 is 22.9 Å². The summed E-state index contributed by atoms with van der Waals surface area (Å²) in [5.41, 5.74) is 2.89. The lowest BCUT2D eigenvalue weighted by Crippen LogP contribution is -2.38. The lowest BCUT2D eigenvalue weighted by Gasteiger charge is -2.12. The molecule has 1 unspecified atom stereocenters. The van der Waals surface area contributed by atoms with E-state index in [0.717, 1.165) is 16.7 Å². The molecule has 2 rings (SSSR count). The minimum absolute atomic E-state index is 0.440. The van der Waals surface area contributed by atoms with Gasteiger partial charge in [0.05, 0.1) is 4.34 Å². The van der Waals surface area contributed by atoms with Gasteiger partial charge in [0, 0.05) is 10.9 Å². The van der Waals surface area contributed by atoms with Gasteiger partial charge in [0.25, 0.3) is 0 Å². The van der Waals surface area contributed by atoms with Crippen LogP contribution >= 0.6 is 22.9 Å². The Labute approximate surface area is 87.1 Å². The zero-order valence-electron chi connectivity index (χ0n) is 7.29. The van der Waals surface area contributed by atoms with Gasteiger partial charge in [-0.25, -0.2) is 0 Å². The highest BCUT2D eigenvalue weighted by Gasteiger charge is 2.30. The Morgan fingerprint density at radius 1 is 1.62 bits per heavy atom. The third kappa shape index (κ3) is 2.44. The number of nitrogens with one attached hydrogen (secondary N) is 1. The smallest absolute Gasteiger partial charge is 0.0931 e. The van der Waals surface area contributed by atoms with Gasteiger partial charge in [-0.15, -0.1) is 11.3 Å². The molecule has 1 aliphatic carbocycles. The van der Waals surface area contributed by atoms with Crippen molar-refractivity contribution in [1.82, 2.24) is 5.43 Å². The number of halogens is 1. The highest BCUT2D eigenvalue weighted by atomic mass is 35.5. The Hall–Kier alpha value is -0.0900. The summed E-state index contributed by atoms with van der Waals surface area (Å²) < 4.78 is 0.863. The molecule has 1 aromatic heterocycles. The van der Waals surface area contributed by atoms with E-state index in [1.54, 1.807) is 11.3 Å². The Bertz CT molecular complexity index is 283. The number of hydrazine groups is 1. The molecule has 0 aliphatic heterocycles. The van der Waals surface area contributed by atoms with Crippen LogP contribution in [0.15, 0.2) is 12.1 Å². The number of nitrogens with two attached hydrogens (primary N) is 1. The Balaban J connectivity index is 1.95. The second-order valence-electron chi connectivity index (χ2n) is 3.52. The van der Waals surface area contributed by atoms with Crippen LogP contribution < -0.4 is 11.3 Å². The summed E-state index contributed by atoms with van der Waals surface area (Å²) in [5, 5.41) is 0. The molecule has 1 heterocycles. The molecule has 1 aromatic rings. The largest absolute Gasteiger partial charge is 0.271 e. The van der Waals surface area contributed by atoms with Crippen LogP contribution in [0.25, 0.3) is 0 Å². The summed E-state index contributed by atoms with van der Waals surface area (Å²) in [4.78, 5) is 1.32. The van der Waals surface area contributed by atoms with Crippen molar-refractivity contribution in [2.24, 2.45) is 11.8 Å². The van der Waals surface area contributed by atoms with Crippen LogP contribution in [-0.2, 0) is 6.42 Å². The standard InChI is InChI=1S/C9H13ClN2S/c10-9-4-3-7(13-9)5-8(12-11)6-1-2-6/h3-4,6,8,12H,1-2,5,11H2. The van der Waals surface area contributed by atoms with Gasteiger partial charge in [-0.05, 0) is 37.3 Å². The predicted octanol–water partition coefficient (Wildman–Crippen LogP) is 2.19. The van der Waals surface area contributed by atoms with E-state index in [1.165, 1.54) is 17.7 Å². The van der Waals surface area contributed by atoms with Gasteiger partial charge in [-0.1, -0.05) is 11.6 Å². The minimum atomic E-state index is 0.440. The summed E-state index contributed by atoms with van der Waals surface area (Å²) >= 11 is 7.50.